The van der Waals surface area contributed by atoms with Crippen LogP contribution in [0.2, 0.25) is 0 Å². The molecular formula is C12H19N3O2S. The van der Waals surface area contributed by atoms with Crippen LogP contribution >= 0.6 is 0 Å². The highest BCUT2D eigenvalue weighted by atomic mass is 32.2. The van der Waals surface area contributed by atoms with Gasteiger partial charge in [-0.2, -0.15) is 4.31 Å². The van der Waals surface area contributed by atoms with Crippen molar-refractivity contribution in [3.63, 3.8) is 0 Å². The normalized spacial score (nSPS) is 25.3. The molecule has 5 nitrogen and oxygen atoms in total. The fourth-order valence-corrected chi connectivity index (χ4v) is 3.60. The molecule has 1 aliphatic heterocycles. The molecular weight excluding hydrogens is 250 g/mol. The van der Waals surface area contributed by atoms with Gasteiger partial charge in [-0.3, -0.25) is 4.98 Å². The minimum atomic E-state index is -3.16. The minimum absolute atomic E-state index is 0.170. The van der Waals surface area contributed by atoms with Crippen molar-refractivity contribution in [1.29, 1.82) is 0 Å². The lowest BCUT2D eigenvalue weighted by atomic mass is 10.3. The Hall–Kier alpha value is -0.980. The summed E-state index contributed by atoms with van der Waals surface area (Å²) in [5.74, 6) is 0.208. The van der Waals surface area contributed by atoms with Crippen LogP contribution < -0.4 is 5.32 Å². The Kier molecular flexibility index (Phi) is 4.31. The van der Waals surface area contributed by atoms with E-state index in [-0.39, 0.29) is 11.8 Å². The number of hydrogen-bond donors (Lipinski definition) is 1. The van der Waals surface area contributed by atoms with Crippen LogP contribution in [0.25, 0.3) is 0 Å². The summed E-state index contributed by atoms with van der Waals surface area (Å²) in [5.41, 5.74) is 0.786. The lowest BCUT2D eigenvalue weighted by Crippen LogP contribution is -2.46. The maximum absolute atomic E-state index is 12.2. The van der Waals surface area contributed by atoms with Crippen molar-refractivity contribution in [2.24, 2.45) is 0 Å². The van der Waals surface area contributed by atoms with Crippen molar-refractivity contribution >= 4 is 10.0 Å². The molecule has 100 valence electrons. The predicted molar refractivity (Wildman–Crippen MR) is 70.5 cm³/mol. The first-order valence-corrected chi connectivity index (χ1v) is 7.80. The molecule has 0 radical (unpaired) electrons. The molecule has 18 heavy (non-hydrogen) atoms. The maximum atomic E-state index is 12.2. The third-order valence-corrected chi connectivity index (χ3v) is 4.88. The van der Waals surface area contributed by atoms with Crippen LogP contribution in [-0.4, -0.2) is 42.6 Å². The van der Waals surface area contributed by atoms with Crippen LogP contribution in [0.5, 0.6) is 0 Å². The van der Waals surface area contributed by atoms with Gasteiger partial charge in [0.2, 0.25) is 10.0 Å². The van der Waals surface area contributed by atoms with E-state index in [0.29, 0.717) is 19.5 Å². The molecule has 0 aromatic carbocycles. The van der Waals surface area contributed by atoms with E-state index in [0.717, 1.165) is 12.2 Å². The first-order valence-electron chi connectivity index (χ1n) is 6.19. The molecule has 1 fully saturated rings. The summed E-state index contributed by atoms with van der Waals surface area (Å²) in [6.45, 7) is 3.62. The van der Waals surface area contributed by atoms with Crippen molar-refractivity contribution in [1.82, 2.24) is 14.6 Å². The van der Waals surface area contributed by atoms with Gasteiger partial charge in [-0.05, 0) is 32.0 Å². The van der Waals surface area contributed by atoms with Gasteiger partial charge in [-0.15, -0.1) is 0 Å². The molecule has 0 bridgehead atoms. The molecule has 1 N–H and O–H groups in total. The summed E-state index contributed by atoms with van der Waals surface area (Å²) >= 11 is 0. The van der Waals surface area contributed by atoms with Gasteiger partial charge in [0.1, 0.15) is 0 Å². The quantitative estimate of drug-likeness (QED) is 0.854. The van der Waals surface area contributed by atoms with E-state index in [1.165, 1.54) is 4.31 Å². The van der Waals surface area contributed by atoms with Crippen LogP contribution in [0, 0.1) is 0 Å². The Balaban J connectivity index is 2.15. The average molecular weight is 269 g/mol. The van der Waals surface area contributed by atoms with E-state index < -0.39 is 10.0 Å². The zero-order valence-corrected chi connectivity index (χ0v) is 11.4. The first kappa shape index (κ1) is 13.5. The molecule has 0 aliphatic carbocycles. The topological polar surface area (TPSA) is 62.3 Å². The SMILES string of the molecule is CC1CN(Cc2ccccn2)S(=O)(=O)CCCN1. The van der Waals surface area contributed by atoms with Crippen LogP contribution in [0.15, 0.2) is 24.4 Å². The second kappa shape index (κ2) is 5.77. The van der Waals surface area contributed by atoms with E-state index >= 15 is 0 Å². The fraction of sp³-hybridized carbons (Fsp3) is 0.583. The predicted octanol–water partition coefficient (Wildman–Crippen LogP) is 0.595. The Bertz CT molecular complexity index is 475. The van der Waals surface area contributed by atoms with Gasteiger partial charge in [0.15, 0.2) is 0 Å². The number of pyridine rings is 1. The fourth-order valence-electron chi connectivity index (χ4n) is 2.05. The number of sulfonamides is 1. The van der Waals surface area contributed by atoms with Crippen molar-refractivity contribution in [2.75, 3.05) is 18.8 Å². The zero-order chi connectivity index (χ0) is 13.0. The highest BCUT2D eigenvalue weighted by Crippen LogP contribution is 2.11. The van der Waals surface area contributed by atoms with Crippen molar-refractivity contribution < 1.29 is 8.42 Å². The lowest BCUT2D eigenvalue weighted by Gasteiger charge is -2.28. The van der Waals surface area contributed by atoms with Gasteiger partial charge < -0.3 is 5.32 Å². The molecule has 1 aromatic rings. The third kappa shape index (κ3) is 3.51. The number of rotatable bonds is 2. The average Bonchev–Trinajstić information content (AvgIpc) is 2.34. The standard InChI is InChI=1S/C12H19N3O2S/c1-11-9-15(10-12-5-2-3-6-14-12)18(16,17)8-4-7-13-11/h2-3,5-6,11,13H,4,7-10H2,1H3. The summed E-state index contributed by atoms with van der Waals surface area (Å²) in [5, 5.41) is 3.31. The first-order chi connectivity index (χ1) is 8.58. The van der Waals surface area contributed by atoms with Gasteiger partial charge in [0.05, 0.1) is 18.0 Å². The minimum Gasteiger partial charge on any atom is -0.313 e. The van der Waals surface area contributed by atoms with Crippen LogP contribution in [0.3, 0.4) is 0 Å². The Morgan fingerprint density at radius 1 is 1.50 bits per heavy atom. The lowest BCUT2D eigenvalue weighted by molar-refractivity contribution is 0.345. The molecule has 0 spiro atoms. The van der Waals surface area contributed by atoms with Crippen molar-refractivity contribution in [3.05, 3.63) is 30.1 Å². The van der Waals surface area contributed by atoms with E-state index in [1.54, 1.807) is 6.20 Å². The summed E-state index contributed by atoms with van der Waals surface area (Å²) < 4.78 is 25.9. The highest BCUT2D eigenvalue weighted by molar-refractivity contribution is 7.89. The molecule has 2 rings (SSSR count). The van der Waals surface area contributed by atoms with Crippen LogP contribution in [-0.2, 0) is 16.6 Å². The second-order valence-corrected chi connectivity index (χ2v) is 6.73. The van der Waals surface area contributed by atoms with Crippen molar-refractivity contribution in [2.45, 2.75) is 25.9 Å². The van der Waals surface area contributed by atoms with Gasteiger partial charge in [-0.25, -0.2) is 8.42 Å². The molecule has 0 amide bonds. The Morgan fingerprint density at radius 2 is 2.33 bits per heavy atom. The number of nitrogens with zero attached hydrogens (tertiary/aromatic N) is 2. The molecule has 6 heteroatoms. The maximum Gasteiger partial charge on any atom is 0.214 e. The van der Waals surface area contributed by atoms with Gasteiger partial charge in [0, 0.05) is 18.8 Å². The van der Waals surface area contributed by atoms with Gasteiger partial charge in [-0.1, -0.05) is 6.07 Å². The second-order valence-electron chi connectivity index (χ2n) is 4.64. The number of hydrogen-bond acceptors (Lipinski definition) is 4. The van der Waals surface area contributed by atoms with Gasteiger partial charge >= 0.3 is 0 Å². The van der Waals surface area contributed by atoms with Crippen molar-refractivity contribution in [3.8, 4) is 0 Å². The number of aromatic nitrogens is 1. The van der Waals surface area contributed by atoms with Gasteiger partial charge in [0.25, 0.3) is 0 Å². The summed E-state index contributed by atoms with van der Waals surface area (Å²) in [7, 11) is -3.16. The Labute approximate surface area is 108 Å². The van der Waals surface area contributed by atoms with E-state index in [4.69, 9.17) is 0 Å². The third-order valence-electron chi connectivity index (χ3n) is 3.01. The molecule has 1 saturated heterocycles. The molecule has 1 aliphatic rings. The summed E-state index contributed by atoms with van der Waals surface area (Å²) in [4.78, 5) is 4.19. The molecule has 1 aromatic heterocycles. The van der Waals surface area contributed by atoms with Crippen LogP contribution in [0.1, 0.15) is 19.0 Å². The monoisotopic (exact) mass is 269 g/mol. The Morgan fingerprint density at radius 3 is 3.06 bits per heavy atom. The zero-order valence-electron chi connectivity index (χ0n) is 10.5. The highest BCUT2D eigenvalue weighted by Gasteiger charge is 2.25. The van der Waals surface area contributed by atoms with Crippen LogP contribution in [0.4, 0.5) is 0 Å². The summed E-state index contributed by atoms with van der Waals surface area (Å²) in [6.07, 6.45) is 2.35. The molecule has 1 atom stereocenters. The summed E-state index contributed by atoms with van der Waals surface area (Å²) in [6, 6.07) is 5.73. The smallest absolute Gasteiger partial charge is 0.214 e. The van der Waals surface area contributed by atoms with E-state index in [2.05, 4.69) is 10.3 Å². The largest absolute Gasteiger partial charge is 0.313 e. The molecule has 2 heterocycles. The molecule has 0 saturated carbocycles. The van der Waals surface area contributed by atoms with E-state index in [9.17, 15) is 8.42 Å². The molecule has 1 unspecified atom stereocenters. The van der Waals surface area contributed by atoms with E-state index in [1.807, 2.05) is 25.1 Å². The number of nitrogens with one attached hydrogen (secondary N) is 1.